The highest BCUT2D eigenvalue weighted by atomic mass is 16.5. The number of pyridine rings is 1. The molecule has 0 saturated carbocycles. The van der Waals surface area contributed by atoms with Gasteiger partial charge < -0.3 is 10.1 Å². The first kappa shape index (κ1) is 15.0. The largest absolute Gasteiger partial charge is 0.487 e. The van der Waals surface area contributed by atoms with Gasteiger partial charge in [0.1, 0.15) is 12.4 Å². The number of rotatable bonds is 7. The quantitative estimate of drug-likeness (QED) is 0.793. The SMILES string of the molecule is CCCNCc1ccc(OCc2ccc(C#N)cc2)cn1. The number of nitrogens with zero attached hydrogens (tertiary/aromatic N) is 2. The summed E-state index contributed by atoms with van der Waals surface area (Å²) in [6.07, 6.45) is 2.86. The molecule has 0 saturated heterocycles. The molecule has 0 unspecified atom stereocenters. The lowest BCUT2D eigenvalue weighted by Crippen LogP contribution is -2.14. The van der Waals surface area contributed by atoms with Crippen molar-refractivity contribution in [2.75, 3.05) is 6.54 Å². The number of nitrogens with one attached hydrogen (secondary N) is 1. The van der Waals surface area contributed by atoms with Crippen LogP contribution in [-0.4, -0.2) is 11.5 Å². The third kappa shape index (κ3) is 4.90. The molecule has 4 nitrogen and oxygen atoms in total. The number of benzene rings is 1. The monoisotopic (exact) mass is 281 g/mol. The topological polar surface area (TPSA) is 57.9 Å². The highest BCUT2D eigenvalue weighted by Crippen LogP contribution is 2.12. The Kier molecular flexibility index (Phi) is 5.74. The molecule has 0 aliphatic rings. The van der Waals surface area contributed by atoms with E-state index in [0.717, 1.165) is 36.5 Å². The Balaban J connectivity index is 1.84. The summed E-state index contributed by atoms with van der Waals surface area (Å²) in [5, 5.41) is 12.1. The molecular formula is C17H19N3O. The maximum absolute atomic E-state index is 8.75. The second-order valence-electron chi connectivity index (χ2n) is 4.76. The molecule has 1 aromatic carbocycles. The van der Waals surface area contributed by atoms with Crippen molar-refractivity contribution in [3.05, 3.63) is 59.4 Å². The van der Waals surface area contributed by atoms with Gasteiger partial charge in [0.05, 0.1) is 23.5 Å². The zero-order chi connectivity index (χ0) is 14.9. The summed E-state index contributed by atoms with van der Waals surface area (Å²) < 4.78 is 5.68. The fourth-order valence-electron chi connectivity index (χ4n) is 1.84. The van der Waals surface area contributed by atoms with E-state index in [-0.39, 0.29) is 0 Å². The fraction of sp³-hybridized carbons (Fsp3) is 0.294. The molecule has 1 N–H and O–H groups in total. The summed E-state index contributed by atoms with van der Waals surface area (Å²) in [5.41, 5.74) is 2.70. The van der Waals surface area contributed by atoms with E-state index < -0.39 is 0 Å². The first-order valence-electron chi connectivity index (χ1n) is 7.09. The highest BCUT2D eigenvalue weighted by Gasteiger charge is 1.99. The minimum absolute atomic E-state index is 0.473. The Bertz CT molecular complexity index is 585. The second kappa shape index (κ2) is 8.03. The maximum Gasteiger partial charge on any atom is 0.138 e. The van der Waals surface area contributed by atoms with E-state index in [1.165, 1.54) is 0 Å². The molecule has 0 bridgehead atoms. The van der Waals surface area contributed by atoms with Crippen molar-refractivity contribution in [2.24, 2.45) is 0 Å². The Hall–Kier alpha value is -2.38. The van der Waals surface area contributed by atoms with Crippen LogP contribution in [0.3, 0.4) is 0 Å². The van der Waals surface area contributed by atoms with Gasteiger partial charge in [-0.3, -0.25) is 4.98 Å². The number of hydrogen-bond donors (Lipinski definition) is 1. The van der Waals surface area contributed by atoms with Crippen LogP contribution in [0.1, 0.15) is 30.2 Å². The number of hydrogen-bond acceptors (Lipinski definition) is 4. The van der Waals surface area contributed by atoms with Crippen molar-refractivity contribution in [1.82, 2.24) is 10.3 Å². The van der Waals surface area contributed by atoms with E-state index in [1.54, 1.807) is 18.3 Å². The van der Waals surface area contributed by atoms with Crippen molar-refractivity contribution < 1.29 is 4.74 Å². The Morgan fingerprint density at radius 2 is 2.00 bits per heavy atom. The van der Waals surface area contributed by atoms with E-state index in [1.807, 2.05) is 24.3 Å². The molecule has 0 atom stereocenters. The molecule has 4 heteroatoms. The predicted octanol–water partition coefficient (Wildman–Crippen LogP) is 3.03. The first-order chi connectivity index (χ1) is 10.3. The van der Waals surface area contributed by atoms with Crippen LogP contribution in [0.2, 0.25) is 0 Å². The van der Waals surface area contributed by atoms with Gasteiger partial charge >= 0.3 is 0 Å². The molecular weight excluding hydrogens is 262 g/mol. The normalized spacial score (nSPS) is 10.1. The van der Waals surface area contributed by atoms with Gasteiger partial charge in [-0.15, -0.1) is 0 Å². The average Bonchev–Trinajstić information content (AvgIpc) is 2.55. The van der Waals surface area contributed by atoms with E-state index in [0.29, 0.717) is 12.2 Å². The van der Waals surface area contributed by atoms with Crippen LogP contribution < -0.4 is 10.1 Å². The summed E-state index contributed by atoms with van der Waals surface area (Å²) in [6.45, 7) is 4.39. The first-order valence-corrected chi connectivity index (χ1v) is 7.09. The Morgan fingerprint density at radius 3 is 2.62 bits per heavy atom. The van der Waals surface area contributed by atoms with Crippen LogP contribution in [0.4, 0.5) is 0 Å². The van der Waals surface area contributed by atoms with Gasteiger partial charge in [-0.05, 0) is 42.8 Å². The van der Waals surface area contributed by atoms with Crippen LogP contribution in [-0.2, 0) is 13.2 Å². The zero-order valence-corrected chi connectivity index (χ0v) is 12.2. The molecule has 0 aliphatic heterocycles. The summed E-state index contributed by atoms with van der Waals surface area (Å²) in [5.74, 6) is 0.749. The molecule has 0 amide bonds. The number of nitriles is 1. The minimum atomic E-state index is 0.473. The lowest BCUT2D eigenvalue weighted by atomic mass is 10.2. The van der Waals surface area contributed by atoms with Gasteiger partial charge in [-0.2, -0.15) is 5.26 Å². The van der Waals surface area contributed by atoms with Gasteiger partial charge in [0, 0.05) is 6.54 Å². The average molecular weight is 281 g/mol. The number of aromatic nitrogens is 1. The summed E-state index contributed by atoms with van der Waals surface area (Å²) in [7, 11) is 0. The zero-order valence-electron chi connectivity index (χ0n) is 12.2. The minimum Gasteiger partial charge on any atom is -0.487 e. The summed E-state index contributed by atoms with van der Waals surface area (Å²) >= 11 is 0. The molecule has 2 rings (SSSR count). The standard InChI is InChI=1S/C17H19N3O/c1-2-9-19-11-16-7-8-17(12-20-16)21-13-15-5-3-14(10-18)4-6-15/h3-8,12,19H,2,9,11,13H2,1H3. The highest BCUT2D eigenvalue weighted by molar-refractivity contribution is 5.31. The van der Waals surface area contributed by atoms with Crippen molar-refractivity contribution in [2.45, 2.75) is 26.5 Å². The molecule has 2 aromatic rings. The molecule has 1 heterocycles. The van der Waals surface area contributed by atoms with Crippen molar-refractivity contribution >= 4 is 0 Å². The van der Waals surface area contributed by atoms with E-state index in [4.69, 9.17) is 10.00 Å². The van der Waals surface area contributed by atoms with Crippen LogP contribution >= 0.6 is 0 Å². The third-order valence-electron chi connectivity index (χ3n) is 3.02. The van der Waals surface area contributed by atoms with E-state index in [9.17, 15) is 0 Å². The van der Waals surface area contributed by atoms with Crippen molar-refractivity contribution in [1.29, 1.82) is 5.26 Å². The molecule has 0 radical (unpaired) electrons. The second-order valence-corrected chi connectivity index (χ2v) is 4.76. The van der Waals surface area contributed by atoms with Crippen molar-refractivity contribution in [3.63, 3.8) is 0 Å². The molecule has 21 heavy (non-hydrogen) atoms. The van der Waals surface area contributed by atoms with Gasteiger partial charge in [-0.25, -0.2) is 0 Å². The van der Waals surface area contributed by atoms with Crippen molar-refractivity contribution in [3.8, 4) is 11.8 Å². The fourth-order valence-corrected chi connectivity index (χ4v) is 1.84. The van der Waals surface area contributed by atoms with Gasteiger partial charge in [0.15, 0.2) is 0 Å². The maximum atomic E-state index is 8.75. The molecule has 0 aliphatic carbocycles. The smallest absolute Gasteiger partial charge is 0.138 e. The predicted molar refractivity (Wildman–Crippen MR) is 81.7 cm³/mol. The Morgan fingerprint density at radius 1 is 1.19 bits per heavy atom. The molecule has 1 aromatic heterocycles. The lowest BCUT2D eigenvalue weighted by Gasteiger charge is -2.07. The van der Waals surface area contributed by atoms with Crippen LogP contribution in [0.15, 0.2) is 42.6 Å². The van der Waals surface area contributed by atoms with Crippen LogP contribution in [0.5, 0.6) is 5.75 Å². The number of ether oxygens (including phenoxy) is 1. The lowest BCUT2D eigenvalue weighted by molar-refractivity contribution is 0.304. The van der Waals surface area contributed by atoms with E-state index >= 15 is 0 Å². The van der Waals surface area contributed by atoms with Gasteiger partial charge in [-0.1, -0.05) is 19.1 Å². The summed E-state index contributed by atoms with van der Waals surface area (Å²) in [6, 6.07) is 13.4. The van der Waals surface area contributed by atoms with Crippen LogP contribution in [0, 0.1) is 11.3 Å². The summed E-state index contributed by atoms with van der Waals surface area (Å²) in [4.78, 5) is 4.36. The van der Waals surface area contributed by atoms with E-state index in [2.05, 4.69) is 23.3 Å². The Labute approximate surface area is 125 Å². The van der Waals surface area contributed by atoms with Gasteiger partial charge in [0.2, 0.25) is 0 Å². The molecule has 0 spiro atoms. The molecule has 108 valence electrons. The van der Waals surface area contributed by atoms with Crippen LogP contribution in [0.25, 0.3) is 0 Å². The van der Waals surface area contributed by atoms with Gasteiger partial charge in [0.25, 0.3) is 0 Å². The third-order valence-corrected chi connectivity index (χ3v) is 3.02. The molecule has 0 fully saturated rings.